The maximum atomic E-state index is 12.7. The number of anilines is 2. The summed E-state index contributed by atoms with van der Waals surface area (Å²) in [7, 11) is -3.86. The molecular weight excluding hydrogens is 408 g/mol. The Morgan fingerprint density at radius 3 is 2.30 bits per heavy atom. The third kappa shape index (κ3) is 3.12. The Hall–Kier alpha value is -3.92. The van der Waals surface area contributed by atoms with E-state index in [-0.39, 0.29) is 27.5 Å². The molecule has 4 N–H and O–H groups in total. The number of pyridine rings is 1. The summed E-state index contributed by atoms with van der Waals surface area (Å²) in [6.45, 7) is 1.78. The highest BCUT2D eigenvalue weighted by molar-refractivity contribution is 7.92. The van der Waals surface area contributed by atoms with Gasteiger partial charge in [0.15, 0.2) is 0 Å². The van der Waals surface area contributed by atoms with Crippen molar-refractivity contribution in [3.8, 4) is 5.69 Å². The number of aromatic nitrogens is 1. The average molecular weight is 424 g/mol. The summed E-state index contributed by atoms with van der Waals surface area (Å²) >= 11 is 0. The Labute approximate surface area is 171 Å². The fraction of sp³-hybridized carbons (Fsp3) is 0.0500. The van der Waals surface area contributed by atoms with Gasteiger partial charge in [-0.25, -0.2) is 8.42 Å². The molecular formula is C20H16N4O5S. The van der Waals surface area contributed by atoms with Crippen molar-refractivity contribution >= 4 is 33.3 Å². The van der Waals surface area contributed by atoms with Gasteiger partial charge in [0, 0.05) is 6.07 Å². The highest BCUT2D eigenvalue weighted by Crippen LogP contribution is 2.24. The molecule has 1 aromatic heterocycles. The van der Waals surface area contributed by atoms with Gasteiger partial charge in [-0.15, -0.1) is 0 Å². The topological polar surface area (TPSA) is 140 Å². The van der Waals surface area contributed by atoms with Gasteiger partial charge in [0.05, 0.1) is 27.4 Å². The Morgan fingerprint density at radius 1 is 0.967 bits per heavy atom. The van der Waals surface area contributed by atoms with Crippen molar-refractivity contribution in [1.82, 2.24) is 9.88 Å². The molecule has 0 unspecified atom stereocenters. The smallest absolute Gasteiger partial charge is 0.262 e. The summed E-state index contributed by atoms with van der Waals surface area (Å²) in [6.07, 6.45) is 0. The number of carbonyl (C=O) groups excluding carboxylic acids is 2. The van der Waals surface area contributed by atoms with Crippen LogP contribution in [0.25, 0.3) is 5.69 Å². The van der Waals surface area contributed by atoms with Gasteiger partial charge in [-0.05, 0) is 42.8 Å². The number of nitrogens with two attached hydrogens (primary N) is 1. The Bertz CT molecular complexity index is 1380. The van der Waals surface area contributed by atoms with Crippen LogP contribution in [-0.2, 0) is 10.0 Å². The van der Waals surface area contributed by atoms with Gasteiger partial charge in [-0.1, -0.05) is 18.2 Å². The molecule has 9 nitrogen and oxygen atoms in total. The fourth-order valence-corrected chi connectivity index (χ4v) is 4.34. The van der Waals surface area contributed by atoms with Gasteiger partial charge in [0.2, 0.25) is 0 Å². The zero-order chi connectivity index (χ0) is 21.6. The van der Waals surface area contributed by atoms with Crippen LogP contribution >= 0.6 is 0 Å². The molecule has 0 saturated heterocycles. The van der Waals surface area contributed by atoms with Crippen LogP contribution in [0.1, 0.15) is 26.3 Å². The van der Waals surface area contributed by atoms with E-state index in [4.69, 9.17) is 5.73 Å². The van der Waals surface area contributed by atoms with Gasteiger partial charge in [0.25, 0.3) is 27.4 Å². The first-order valence-electron chi connectivity index (χ1n) is 8.79. The second-order valence-corrected chi connectivity index (χ2v) is 8.37. The van der Waals surface area contributed by atoms with Crippen LogP contribution in [0.4, 0.5) is 11.5 Å². The number of carbonyl (C=O) groups is 2. The summed E-state index contributed by atoms with van der Waals surface area (Å²) < 4.78 is 28.9. The van der Waals surface area contributed by atoms with E-state index < -0.39 is 27.4 Å². The molecule has 0 spiro atoms. The first-order valence-corrected chi connectivity index (χ1v) is 10.3. The monoisotopic (exact) mass is 424 g/mol. The van der Waals surface area contributed by atoms with Crippen molar-refractivity contribution in [2.24, 2.45) is 0 Å². The summed E-state index contributed by atoms with van der Waals surface area (Å²) in [6, 6.07) is 13.4. The zero-order valence-corrected chi connectivity index (χ0v) is 16.5. The lowest BCUT2D eigenvalue weighted by atomic mass is 10.1. The molecule has 2 aromatic carbocycles. The van der Waals surface area contributed by atoms with E-state index in [9.17, 15) is 22.8 Å². The molecule has 0 aliphatic carbocycles. The predicted molar refractivity (Wildman–Crippen MR) is 110 cm³/mol. The number of fused-ring (bicyclic) bond motifs is 1. The molecule has 2 amide bonds. The number of nitrogens with zero attached hydrogens (tertiary/aromatic N) is 1. The summed E-state index contributed by atoms with van der Waals surface area (Å²) in [4.78, 5) is 36.2. The van der Waals surface area contributed by atoms with E-state index in [0.29, 0.717) is 5.69 Å². The van der Waals surface area contributed by atoms with Crippen LogP contribution in [0.2, 0.25) is 0 Å². The third-order valence-electron chi connectivity index (χ3n) is 4.75. The Kier molecular flexibility index (Phi) is 4.43. The standard InChI is InChI=1S/C20H16N4O5S/c1-11-4-2-3-5-15(11)23-30(28,29)13-8-6-12(7-9-13)24-16(25)10-14-17(18(24)21)20(27)22-19(14)26/h2-10,23H,21H2,1H3,(H,22,26,27). The number of benzene rings is 2. The molecule has 152 valence electrons. The maximum Gasteiger partial charge on any atom is 0.262 e. The Morgan fingerprint density at radius 2 is 1.63 bits per heavy atom. The minimum absolute atomic E-state index is 0.0183. The number of aryl methyl sites for hydroxylation is 1. The fourth-order valence-electron chi connectivity index (χ4n) is 3.21. The molecule has 4 rings (SSSR count). The number of nitrogens with one attached hydrogen (secondary N) is 2. The van der Waals surface area contributed by atoms with Crippen LogP contribution in [0.3, 0.4) is 0 Å². The van der Waals surface area contributed by atoms with Crippen molar-refractivity contribution in [2.75, 3.05) is 10.5 Å². The first kappa shape index (κ1) is 19.4. The van der Waals surface area contributed by atoms with Crippen LogP contribution in [0, 0.1) is 6.92 Å². The molecule has 0 bridgehead atoms. The predicted octanol–water partition coefficient (Wildman–Crippen LogP) is 1.41. The maximum absolute atomic E-state index is 12.7. The van der Waals surface area contributed by atoms with Crippen LogP contribution in [0.5, 0.6) is 0 Å². The number of amides is 2. The number of rotatable bonds is 4. The van der Waals surface area contributed by atoms with E-state index >= 15 is 0 Å². The second kappa shape index (κ2) is 6.85. The highest BCUT2D eigenvalue weighted by atomic mass is 32.2. The summed E-state index contributed by atoms with van der Waals surface area (Å²) in [5.74, 6) is -1.58. The number of hydrogen-bond donors (Lipinski definition) is 3. The lowest BCUT2D eigenvalue weighted by Crippen LogP contribution is -2.24. The number of hydrogen-bond acceptors (Lipinski definition) is 6. The van der Waals surface area contributed by atoms with Crippen molar-refractivity contribution in [3.63, 3.8) is 0 Å². The van der Waals surface area contributed by atoms with E-state index in [0.717, 1.165) is 16.2 Å². The van der Waals surface area contributed by atoms with E-state index in [1.165, 1.54) is 24.3 Å². The van der Waals surface area contributed by atoms with Gasteiger partial charge >= 0.3 is 0 Å². The van der Waals surface area contributed by atoms with Crippen molar-refractivity contribution < 1.29 is 18.0 Å². The molecule has 2 heterocycles. The lowest BCUT2D eigenvalue weighted by molar-refractivity contribution is 0.0880. The summed E-state index contributed by atoms with van der Waals surface area (Å²) in [5.41, 5.74) is 6.67. The SMILES string of the molecule is Cc1ccccc1NS(=O)(=O)c1ccc(-n2c(N)c3c(cc2=O)C(=O)NC3=O)cc1. The number of para-hydroxylation sites is 1. The number of nitrogen functional groups attached to an aromatic ring is 1. The van der Waals surface area contributed by atoms with Crippen LogP contribution in [0.15, 0.2) is 64.3 Å². The van der Waals surface area contributed by atoms with Crippen LogP contribution < -0.4 is 21.3 Å². The van der Waals surface area contributed by atoms with Crippen molar-refractivity contribution in [3.05, 3.63) is 81.6 Å². The highest BCUT2D eigenvalue weighted by Gasteiger charge is 2.31. The quantitative estimate of drug-likeness (QED) is 0.541. The first-order chi connectivity index (χ1) is 14.2. The molecule has 10 heteroatoms. The second-order valence-electron chi connectivity index (χ2n) is 6.69. The molecule has 0 atom stereocenters. The van der Waals surface area contributed by atoms with Crippen LogP contribution in [-0.4, -0.2) is 24.8 Å². The lowest BCUT2D eigenvalue weighted by Gasteiger charge is -2.13. The van der Waals surface area contributed by atoms with Gasteiger partial charge in [-0.2, -0.15) is 0 Å². The third-order valence-corrected chi connectivity index (χ3v) is 6.13. The van der Waals surface area contributed by atoms with Gasteiger partial charge < -0.3 is 5.73 Å². The molecule has 3 aromatic rings. The molecule has 30 heavy (non-hydrogen) atoms. The molecule has 1 aliphatic rings. The minimum Gasteiger partial charge on any atom is -0.384 e. The zero-order valence-electron chi connectivity index (χ0n) is 15.7. The number of sulfonamides is 1. The van der Waals surface area contributed by atoms with E-state index in [1.807, 2.05) is 0 Å². The number of imide groups is 1. The molecule has 0 saturated carbocycles. The van der Waals surface area contributed by atoms with Crippen molar-refractivity contribution in [2.45, 2.75) is 11.8 Å². The largest absolute Gasteiger partial charge is 0.384 e. The molecule has 1 aliphatic heterocycles. The average Bonchev–Trinajstić information content (AvgIpc) is 2.97. The van der Waals surface area contributed by atoms with E-state index in [1.54, 1.807) is 31.2 Å². The minimum atomic E-state index is -3.86. The Balaban J connectivity index is 1.72. The molecule has 0 fully saturated rings. The summed E-state index contributed by atoms with van der Waals surface area (Å²) in [5, 5.41) is 2.09. The van der Waals surface area contributed by atoms with E-state index in [2.05, 4.69) is 10.0 Å². The van der Waals surface area contributed by atoms with Crippen molar-refractivity contribution in [1.29, 1.82) is 0 Å². The van der Waals surface area contributed by atoms with Gasteiger partial charge in [-0.3, -0.25) is 29.0 Å². The molecule has 0 radical (unpaired) electrons. The van der Waals surface area contributed by atoms with Gasteiger partial charge in [0.1, 0.15) is 5.82 Å². The normalized spacial score (nSPS) is 13.1.